The summed E-state index contributed by atoms with van der Waals surface area (Å²) >= 11 is 0. The monoisotopic (exact) mass is 265 g/mol. The van der Waals surface area contributed by atoms with Gasteiger partial charge in [0.15, 0.2) is 9.84 Å². The Hall–Kier alpha value is -1.11. The second kappa shape index (κ2) is 5.03. The van der Waals surface area contributed by atoms with E-state index in [-0.39, 0.29) is 5.92 Å². The van der Waals surface area contributed by atoms with Crippen LogP contribution in [-0.4, -0.2) is 42.4 Å². The highest BCUT2D eigenvalue weighted by molar-refractivity contribution is 7.92. The van der Waals surface area contributed by atoms with Gasteiger partial charge in [0, 0.05) is 6.26 Å². The van der Waals surface area contributed by atoms with Crippen molar-refractivity contribution in [2.75, 3.05) is 6.26 Å². The van der Waals surface area contributed by atoms with E-state index in [4.69, 9.17) is 5.11 Å². The highest BCUT2D eigenvalue weighted by atomic mass is 32.2. The lowest BCUT2D eigenvalue weighted by molar-refractivity contribution is -0.143. The van der Waals surface area contributed by atoms with E-state index < -0.39 is 32.5 Å². The van der Waals surface area contributed by atoms with Gasteiger partial charge >= 0.3 is 5.97 Å². The molecule has 0 aliphatic rings. The lowest BCUT2D eigenvalue weighted by atomic mass is 10.0. The van der Waals surface area contributed by atoms with E-state index in [1.54, 1.807) is 13.8 Å². The van der Waals surface area contributed by atoms with Gasteiger partial charge in [-0.3, -0.25) is 4.79 Å². The van der Waals surface area contributed by atoms with Gasteiger partial charge in [-0.2, -0.15) is 0 Å². The molecule has 0 saturated carbocycles. The minimum atomic E-state index is -3.60. The summed E-state index contributed by atoms with van der Waals surface area (Å²) in [4.78, 5) is 22.7. The summed E-state index contributed by atoms with van der Waals surface area (Å²) in [7, 11) is -3.60. The Morgan fingerprint density at radius 1 is 1.24 bits per heavy atom. The predicted octanol–water partition coefficient (Wildman–Crippen LogP) is 0.0350. The molecule has 2 N–H and O–H groups in total. The van der Waals surface area contributed by atoms with Gasteiger partial charge in [0.2, 0.25) is 5.91 Å². The average molecular weight is 265 g/mol. The molecule has 0 aromatic carbocycles. The molecule has 0 aromatic rings. The quantitative estimate of drug-likeness (QED) is 0.730. The SMILES string of the molecule is CC(C)[C@H](NC(=O)C(C)(C)S(C)(=O)=O)C(=O)O. The fourth-order valence-corrected chi connectivity index (χ4v) is 1.39. The maximum atomic E-state index is 11.8. The number of aliphatic carboxylic acids is 1. The largest absolute Gasteiger partial charge is 0.480 e. The summed E-state index contributed by atoms with van der Waals surface area (Å²) in [5, 5.41) is 11.1. The van der Waals surface area contributed by atoms with E-state index in [2.05, 4.69) is 5.32 Å². The maximum Gasteiger partial charge on any atom is 0.326 e. The van der Waals surface area contributed by atoms with Crippen molar-refractivity contribution in [1.29, 1.82) is 0 Å². The summed E-state index contributed by atoms with van der Waals surface area (Å²) in [6.45, 7) is 5.76. The molecule has 0 aromatic heterocycles. The molecule has 1 atom stereocenters. The number of carboxylic acids is 1. The first-order valence-corrected chi connectivity index (χ1v) is 7.03. The normalized spacial score (nSPS) is 14.5. The van der Waals surface area contributed by atoms with E-state index in [0.717, 1.165) is 6.26 Å². The van der Waals surface area contributed by atoms with Crippen LogP contribution < -0.4 is 5.32 Å². The van der Waals surface area contributed by atoms with Crippen LogP contribution in [0.4, 0.5) is 0 Å². The Morgan fingerprint density at radius 2 is 1.65 bits per heavy atom. The Morgan fingerprint density at radius 3 is 1.88 bits per heavy atom. The summed E-state index contributed by atoms with van der Waals surface area (Å²) in [5.74, 6) is -2.31. The van der Waals surface area contributed by atoms with Crippen LogP contribution in [0.1, 0.15) is 27.7 Å². The van der Waals surface area contributed by atoms with Crippen molar-refractivity contribution in [1.82, 2.24) is 5.32 Å². The number of amides is 1. The van der Waals surface area contributed by atoms with Crippen molar-refractivity contribution in [3.63, 3.8) is 0 Å². The molecular formula is C10H19NO5S. The molecule has 100 valence electrons. The molecule has 0 radical (unpaired) electrons. The zero-order valence-corrected chi connectivity index (χ0v) is 11.5. The van der Waals surface area contributed by atoms with Gasteiger partial charge in [0.05, 0.1) is 0 Å². The van der Waals surface area contributed by atoms with Crippen molar-refractivity contribution in [3.8, 4) is 0 Å². The summed E-state index contributed by atoms with van der Waals surface area (Å²) in [6, 6.07) is -1.09. The fraction of sp³-hybridized carbons (Fsp3) is 0.800. The summed E-state index contributed by atoms with van der Waals surface area (Å²) < 4.78 is 21.2. The van der Waals surface area contributed by atoms with Gasteiger partial charge in [-0.05, 0) is 19.8 Å². The standard InChI is InChI=1S/C10H19NO5S/c1-6(2)7(8(12)13)11-9(14)10(3,4)17(5,15)16/h6-7H,1-5H3,(H,11,14)(H,12,13)/t7-/m0/s1. The molecule has 0 spiro atoms. The lowest BCUT2D eigenvalue weighted by Gasteiger charge is -2.25. The number of hydrogen-bond acceptors (Lipinski definition) is 4. The molecule has 0 saturated heterocycles. The van der Waals surface area contributed by atoms with Gasteiger partial charge in [-0.15, -0.1) is 0 Å². The van der Waals surface area contributed by atoms with Crippen LogP contribution in [0, 0.1) is 5.92 Å². The van der Waals surface area contributed by atoms with Crippen molar-refractivity contribution in [2.45, 2.75) is 38.5 Å². The first kappa shape index (κ1) is 15.9. The fourth-order valence-electron chi connectivity index (χ4n) is 0.997. The van der Waals surface area contributed by atoms with Crippen LogP contribution >= 0.6 is 0 Å². The molecule has 7 heteroatoms. The molecule has 17 heavy (non-hydrogen) atoms. The van der Waals surface area contributed by atoms with E-state index in [9.17, 15) is 18.0 Å². The molecule has 0 heterocycles. The second-order valence-corrected chi connectivity index (χ2v) is 7.38. The zero-order valence-electron chi connectivity index (χ0n) is 10.6. The Kier molecular flexibility index (Phi) is 4.70. The summed E-state index contributed by atoms with van der Waals surface area (Å²) in [5.41, 5.74) is 0. The molecule has 0 aliphatic heterocycles. The second-order valence-electron chi connectivity index (χ2n) is 4.82. The molecule has 0 bridgehead atoms. The van der Waals surface area contributed by atoms with Crippen LogP contribution in [0.25, 0.3) is 0 Å². The van der Waals surface area contributed by atoms with Crippen molar-refractivity contribution >= 4 is 21.7 Å². The third kappa shape index (κ3) is 3.69. The van der Waals surface area contributed by atoms with Crippen molar-refractivity contribution in [3.05, 3.63) is 0 Å². The van der Waals surface area contributed by atoms with Gasteiger partial charge in [0.1, 0.15) is 10.8 Å². The number of hydrogen-bond donors (Lipinski definition) is 2. The van der Waals surface area contributed by atoms with E-state index >= 15 is 0 Å². The number of carbonyl (C=O) groups excluding carboxylic acids is 1. The molecule has 0 aliphatic carbocycles. The number of rotatable bonds is 5. The van der Waals surface area contributed by atoms with E-state index in [1.807, 2.05) is 0 Å². The van der Waals surface area contributed by atoms with Crippen molar-refractivity contribution in [2.24, 2.45) is 5.92 Å². The van der Waals surface area contributed by atoms with Gasteiger partial charge < -0.3 is 10.4 Å². The first-order valence-electron chi connectivity index (χ1n) is 5.14. The number of carbonyl (C=O) groups is 2. The molecule has 0 rings (SSSR count). The third-order valence-electron chi connectivity index (χ3n) is 2.69. The van der Waals surface area contributed by atoms with Gasteiger partial charge in [0.25, 0.3) is 0 Å². The molecule has 6 nitrogen and oxygen atoms in total. The molecule has 0 fully saturated rings. The van der Waals surface area contributed by atoms with E-state index in [0.29, 0.717) is 0 Å². The van der Waals surface area contributed by atoms with Crippen LogP contribution in [0.5, 0.6) is 0 Å². The van der Waals surface area contributed by atoms with Crippen molar-refractivity contribution < 1.29 is 23.1 Å². The Balaban J connectivity index is 5.05. The molecular weight excluding hydrogens is 246 g/mol. The topological polar surface area (TPSA) is 101 Å². The first-order chi connectivity index (χ1) is 7.41. The highest BCUT2D eigenvalue weighted by Crippen LogP contribution is 2.16. The maximum absolute atomic E-state index is 11.8. The average Bonchev–Trinajstić information content (AvgIpc) is 2.10. The van der Waals surface area contributed by atoms with E-state index in [1.165, 1.54) is 13.8 Å². The Labute approximate surface area is 101 Å². The minimum Gasteiger partial charge on any atom is -0.480 e. The van der Waals surface area contributed by atoms with Gasteiger partial charge in [-0.25, -0.2) is 13.2 Å². The van der Waals surface area contributed by atoms with Crippen LogP contribution in [-0.2, 0) is 19.4 Å². The predicted molar refractivity (Wildman–Crippen MR) is 63.3 cm³/mol. The number of carboxylic acid groups (broad SMARTS) is 1. The Bertz CT molecular complexity index is 410. The summed E-state index contributed by atoms with van der Waals surface area (Å²) in [6.07, 6.45) is 0.942. The lowest BCUT2D eigenvalue weighted by Crippen LogP contribution is -2.54. The minimum absolute atomic E-state index is 0.327. The van der Waals surface area contributed by atoms with Gasteiger partial charge in [-0.1, -0.05) is 13.8 Å². The number of sulfone groups is 1. The van der Waals surface area contributed by atoms with Crippen LogP contribution in [0.15, 0.2) is 0 Å². The molecule has 1 amide bonds. The molecule has 0 unspecified atom stereocenters. The number of nitrogens with one attached hydrogen (secondary N) is 1. The third-order valence-corrected chi connectivity index (χ3v) is 4.73. The van der Waals surface area contributed by atoms with Crippen LogP contribution in [0.3, 0.4) is 0 Å². The highest BCUT2D eigenvalue weighted by Gasteiger charge is 2.40. The smallest absolute Gasteiger partial charge is 0.326 e. The zero-order chi connectivity index (χ0) is 14.0. The van der Waals surface area contributed by atoms with Crippen LogP contribution in [0.2, 0.25) is 0 Å².